The molecule has 1 unspecified atom stereocenters. The molecule has 58 heavy (non-hydrogen) atoms. The van der Waals surface area contributed by atoms with Gasteiger partial charge in [-0.05, 0) is 74.9 Å². The molecule has 3 saturated heterocycles. The third kappa shape index (κ3) is 11.3. The number of methoxy groups -OCH3 is 3. The molecule has 0 saturated carbocycles. The number of carbonyl (C=O) groups is 2. The van der Waals surface area contributed by atoms with E-state index < -0.39 is 114 Å². The van der Waals surface area contributed by atoms with Crippen molar-refractivity contribution in [2.75, 3.05) is 42.0 Å². The lowest BCUT2D eigenvalue weighted by molar-refractivity contribution is -0.319. The number of oxime groups is 1. The Bertz CT molecular complexity index is 1370. The van der Waals surface area contributed by atoms with E-state index in [9.17, 15) is 30.0 Å². The van der Waals surface area contributed by atoms with E-state index in [0.29, 0.717) is 6.42 Å². The number of hydrogen-bond acceptors (Lipinski definition) is 17. The van der Waals surface area contributed by atoms with Gasteiger partial charge >= 0.3 is 11.9 Å². The third-order valence-electron chi connectivity index (χ3n) is 12.9. The van der Waals surface area contributed by atoms with E-state index in [4.69, 9.17) is 42.7 Å². The Morgan fingerprint density at radius 3 is 2.07 bits per heavy atom. The van der Waals surface area contributed by atoms with Gasteiger partial charge < -0.3 is 68.1 Å². The van der Waals surface area contributed by atoms with E-state index in [-0.39, 0.29) is 37.1 Å². The number of hydrogen-bond donors (Lipinski definition) is 4. The summed E-state index contributed by atoms with van der Waals surface area (Å²) >= 11 is 0. The van der Waals surface area contributed by atoms with Crippen LogP contribution in [-0.2, 0) is 52.3 Å². The molecule has 338 valence electrons. The molecule has 3 aliphatic rings. The highest BCUT2D eigenvalue weighted by molar-refractivity contribution is 5.89. The van der Waals surface area contributed by atoms with Crippen LogP contribution < -0.4 is 0 Å². The zero-order chi connectivity index (χ0) is 44.1. The number of likely N-dealkylation sites (N-methyl/N-ethyl adjacent to an activating group) is 1. The van der Waals surface area contributed by atoms with Crippen LogP contribution >= 0.6 is 0 Å². The Balaban J connectivity index is 2.29. The standard InChI is InChI=1S/C41H74N2O15/c1-16-28-41(10,49)34(46)23(4)31(42-53-20-29(44)50-13)21(2)18-40(9,52-15)36(58-38-32(45)27(43(11)12)17-22(3)54-38)24(5)33(25(6)37(48)56-28)57-30-19-39(8,51-14)35(47)26(7)55-30/h21-28,30,32-36,38,45-47,49H,16-20H2,1-15H3/b42-31-/t21-,22-,23+,24+,25-,26+,27+,28-,30+,32-,33+,34-,35+,36?,38+,39-,40-,41-/m1/s1. The summed E-state index contributed by atoms with van der Waals surface area (Å²) in [5, 5.41) is 50.9. The molecule has 3 heterocycles. The van der Waals surface area contributed by atoms with Gasteiger partial charge in [-0.15, -0.1) is 0 Å². The second-order valence-electron chi connectivity index (χ2n) is 17.6. The quantitative estimate of drug-likeness (QED) is 0.174. The Morgan fingerprint density at radius 2 is 1.52 bits per heavy atom. The van der Waals surface area contributed by atoms with Crippen LogP contribution in [0.3, 0.4) is 0 Å². The summed E-state index contributed by atoms with van der Waals surface area (Å²) in [5.41, 5.74) is -4.03. The van der Waals surface area contributed by atoms with Gasteiger partial charge in [-0.2, -0.15) is 0 Å². The largest absolute Gasteiger partial charge is 0.466 e. The molecule has 0 radical (unpaired) electrons. The first-order valence-corrected chi connectivity index (χ1v) is 20.5. The van der Waals surface area contributed by atoms with Gasteiger partial charge in [0.2, 0.25) is 6.61 Å². The highest BCUT2D eigenvalue weighted by atomic mass is 16.7. The Morgan fingerprint density at radius 1 is 0.897 bits per heavy atom. The molecule has 3 rings (SSSR count). The van der Waals surface area contributed by atoms with Gasteiger partial charge in [0.25, 0.3) is 0 Å². The van der Waals surface area contributed by atoms with E-state index >= 15 is 0 Å². The summed E-state index contributed by atoms with van der Waals surface area (Å²) in [4.78, 5) is 33.8. The number of carbonyl (C=O) groups excluding carboxylic acids is 2. The minimum atomic E-state index is -1.98. The molecule has 0 aromatic heterocycles. The minimum Gasteiger partial charge on any atom is -0.466 e. The number of aliphatic hydroxyl groups excluding tert-OH is 3. The van der Waals surface area contributed by atoms with Crippen molar-refractivity contribution >= 4 is 17.7 Å². The van der Waals surface area contributed by atoms with Crippen LogP contribution in [0.15, 0.2) is 5.16 Å². The molecule has 0 aromatic rings. The number of aliphatic hydroxyl groups is 4. The highest BCUT2D eigenvalue weighted by Gasteiger charge is 2.54. The van der Waals surface area contributed by atoms with Gasteiger partial charge in [0.1, 0.15) is 23.9 Å². The van der Waals surface area contributed by atoms with Gasteiger partial charge in [-0.3, -0.25) is 4.79 Å². The smallest absolute Gasteiger partial charge is 0.346 e. The van der Waals surface area contributed by atoms with E-state index in [2.05, 4.69) is 5.16 Å². The van der Waals surface area contributed by atoms with Crippen LogP contribution in [0.1, 0.15) is 94.9 Å². The predicted octanol–water partition coefficient (Wildman–Crippen LogP) is 2.42. The number of esters is 2. The SMILES string of the molecule is CC[C@H]1OC(=O)[C@H](C)[C@@H](O[C@H]2C[C@@](C)(OC)[C@@H](O)[C@H](C)O2)[C@H](C)C(O[C@@H]2O[C@H](C)C[C@H](N(C)C)[C@H]2O)[C@](C)(OC)C[C@@H](C)/C(=N/OCC(=O)OC)[C@H](C)[C@@H](O)[C@]1(C)O. The highest BCUT2D eigenvalue weighted by Crippen LogP contribution is 2.42. The predicted molar refractivity (Wildman–Crippen MR) is 211 cm³/mol. The maximum absolute atomic E-state index is 14.4. The summed E-state index contributed by atoms with van der Waals surface area (Å²) in [6.07, 6.45) is -8.93. The van der Waals surface area contributed by atoms with Crippen molar-refractivity contribution in [2.45, 2.75) is 179 Å². The van der Waals surface area contributed by atoms with Crippen LogP contribution in [0, 0.1) is 23.7 Å². The Kier molecular flexibility index (Phi) is 18.0. The van der Waals surface area contributed by atoms with Crippen LogP contribution in [0.5, 0.6) is 0 Å². The lowest BCUT2D eigenvalue weighted by Gasteiger charge is -2.50. The number of nitrogens with zero attached hydrogens (tertiary/aromatic N) is 2. The van der Waals surface area contributed by atoms with Crippen molar-refractivity contribution in [3.05, 3.63) is 0 Å². The normalized spacial score (nSPS) is 45.7. The second kappa shape index (κ2) is 20.7. The Hall–Kier alpha value is -2.03. The van der Waals surface area contributed by atoms with E-state index in [0.717, 1.165) is 0 Å². The van der Waals surface area contributed by atoms with E-state index in [1.54, 1.807) is 34.6 Å². The Labute approximate surface area is 344 Å². The molecule has 17 heteroatoms. The molecule has 4 N–H and O–H groups in total. The monoisotopic (exact) mass is 835 g/mol. The van der Waals surface area contributed by atoms with E-state index in [1.807, 2.05) is 46.7 Å². The van der Waals surface area contributed by atoms with Crippen LogP contribution in [-0.4, -0.2) is 169 Å². The number of rotatable bonds is 11. The number of cyclic esters (lactones) is 1. The fraction of sp³-hybridized carbons (Fsp3) is 0.927. The molecular weight excluding hydrogens is 760 g/mol. The van der Waals surface area contributed by atoms with Crippen molar-refractivity contribution in [2.24, 2.45) is 28.8 Å². The molecule has 0 bridgehead atoms. The van der Waals surface area contributed by atoms with Crippen molar-refractivity contribution in [1.82, 2.24) is 4.90 Å². The zero-order valence-electron chi connectivity index (χ0n) is 37.4. The lowest BCUT2D eigenvalue weighted by Crippen LogP contribution is -2.61. The lowest BCUT2D eigenvalue weighted by atomic mass is 9.73. The number of ether oxygens (including phenoxy) is 8. The van der Waals surface area contributed by atoms with Gasteiger partial charge in [-0.25, -0.2) is 4.79 Å². The van der Waals surface area contributed by atoms with Crippen LogP contribution in [0.4, 0.5) is 0 Å². The van der Waals surface area contributed by atoms with Gasteiger partial charge in [0.15, 0.2) is 12.6 Å². The van der Waals surface area contributed by atoms with Crippen molar-refractivity contribution in [3.8, 4) is 0 Å². The topological polar surface area (TPSA) is 214 Å². The summed E-state index contributed by atoms with van der Waals surface area (Å²) < 4.78 is 49.2. The summed E-state index contributed by atoms with van der Waals surface area (Å²) in [6, 6.07) is -0.307. The fourth-order valence-electron chi connectivity index (χ4n) is 8.99. The van der Waals surface area contributed by atoms with Crippen LogP contribution in [0.2, 0.25) is 0 Å². The maximum Gasteiger partial charge on any atom is 0.346 e. The molecule has 3 aliphatic heterocycles. The molecular formula is C41H74N2O15. The summed E-state index contributed by atoms with van der Waals surface area (Å²) in [5.74, 6) is -4.64. The average Bonchev–Trinajstić information content (AvgIpc) is 3.17. The molecule has 18 atom stereocenters. The maximum atomic E-state index is 14.4. The first-order valence-electron chi connectivity index (χ1n) is 20.5. The van der Waals surface area contributed by atoms with Gasteiger partial charge in [0.05, 0.1) is 60.5 Å². The van der Waals surface area contributed by atoms with Gasteiger partial charge in [-0.1, -0.05) is 32.9 Å². The first kappa shape index (κ1) is 50.3. The molecule has 0 aromatic carbocycles. The van der Waals surface area contributed by atoms with Gasteiger partial charge in [0, 0.05) is 44.4 Å². The minimum absolute atomic E-state index is 0.109. The molecule has 3 fully saturated rings. The second-order valence-corrected chi connectivity index (χ2v) is 17.6. The van der Waals surface area contributed by atoms with E-state index in [1.165, 1.54) is 28.3 Å². The third-order valence-corrected chi connectivity index (χ3v) is 12.9. The van der Waals surface area contributed by atoms with Crippen molar-refractivity contribution in [3.63, 3.8) is 0 Å². The van der Waals surface area contributed by atoms with Crippen LogP contribution in [0.25, 0.3) is 0 Å². The van der Waals surface area contributed by atoms with Crippen molar-refractivity contribution < 1.29 is 72.7 Å². The molecule has 0 amide bonds. The first-order chi connectivity index (χ1) is 26.9. The zero-order valence-corrected chi connectivity index (χ0v) is 37.4. The van der Waals surface area contributed by atoms with Crippen molar-refractivity contribution in [1.29, 1.82) is 0 Å². The molecule has 0 spiro atoms. The fourth-order valence-corrected chi connectivity index (χ4v) is 8.99. The summed E-state index contributed by atoms with van der Waals surface area (Å²) in [6.45, 7) is 16.8. The molecule has 0 aliphatic carbocycles. The summed E-state index contributed by atoms with van der Waals surface area (Å²) in [7, 11) is 7.99. The molecule has 17 nitrogen and oxygen atoms in total. The average molecular weight is 835 g/mol.